The second kappa shape index (κ2) is 15.9. The van der Waals surface area contributed by atoms with Crippen molar-refractivity contribution in [1.82, 2.24) is 10.6 Å². The lowest BCUT2D eigenvalue weighted by atomic mass is 9.72. The molecule has 2 aliphatic heterocycles. The summed E-state index contributed by atoms with van der Waals surface area (Å²) < 4.78 is 17.6. The van der Waals surface area contributed by atoms with Crippen molar-refractivity contribution in [2.45, 2.75) is 104 Å². The molecule has 0 radical (unpaired) electrons. The number of nitrogens with one attached hydrogen (secondary N) is 2. The zero-order valence-electron chi connectivity index (χ0n) is 22.9. The fraction of sp³-hybridized carbons (Fsp3) is 1.00. The zero-order valence-corrected chi connectivity index (χ0v) is 22.9. The molecule has 2 saturated heterocycles. The number of hydrogen-bond acceptors (Lipinski definition) is 17. The summed E-state index contributed by atoms with van der Waals surface area (Å²) in [7, 11) is 0. The van der Waals surface area contributed by atoms with Crippen molar-refractivity contribution in [2.75, 3.05) is 39.4 Å². The molecular weight excluding hydrogens is 550 g/mol. The molecule has 0 bridgehead atoms. The lowest BCUT2D eigenvalue weighted by Gasteiger charge is -2.52. The quantitative estimate of drug-likeness (QED) is 0.0874. The van der Waals surface area contributed by atoms with Crippen molar-refractivity contribution < 1.29 is 60.2 Å². The van der Waals surface area contributed by atoms with Crippen molar-refractivity contribution in [2.24, 2.45) is 23.1 Å². The largest absolute Gasteiger partial charge is 0.396 e. The van der Waals surface area contributed by atoms with Crippen molar-refractivity contribution in [3.63, 3.8) is 0 Å². The van der Waals surface area contributed by atoms with Crippen molar-refractivity contribution in [3.05, 3.63) is 0 Å². The maximum Gasteiger partial charge on any atom is 0.186 e. The minimum atomic E-state index is -1.63. The van der Waals surface area contributed by atoms with Crippen molar-refractivity contribution in [1.29, 1.82) is 0 Å². The van der Waals surface area contributed by atoms with Crippen LogP contribution < -0.4 is 27.8 Å². The molecule has 41 heavy (non-hydrogen) atoms. The number of aliphatic hydroxyl groups excluding tert-OH is 9. The van der Waals surface area contributed by atoms with Gasteiger partial charge in [-0.2, -0.15) is 0 Å². The minimum Gasteiger partial charge on any atom is -0.396 e. The molecule has 17 N–H and O–H groups in total. The molecule has 0 spiro atoms. The SMILES string of the molecule is NCC(O)CNC1CC(N)C(C2OC(CNCCCO)C(O)C(O)C2O)C(O)C1OC1OC(CO)C(O)C(N)C1O. The van der Waals surface area contributed by atoms with E-state index in [0.29, 0.717) is 13.0 Å². The van der Waals surface area contributed by atoms with Gasteiger partial charge in [0, 0.05) is 44.2 Å². The lowest BCUT2D eigenvalue weighted by molar-refractivity contribution is -0.310. The summed E-state index contributed by atoms with van der Waals surface area (Å²) in [4.78, 5) is 0. The Bertz CT molecular complexity index is 777. The first kappa shape index (κ1) is 34.8. The van der Waals surface area contributed by atoms with Gasteiger partial charge in [0.05, 0.1) is 37.1 Å². The third-order valence-electron chi connectivity index (χ3n) is 8.25. The summed E-state index contributed by atoms with van der Waals surface area (Å²) in [6.07, 6.45) is -15.7. The fourth-order valence-corrected chi connectivity index (χ4v) is 5.78. The highest BCUT2D eigenvalue weighted by atomic mass is 16.7. The fourth-order valence-electron chi connectivity index (χ4n) is 5.78. The van der Waals surface area contributed by atoms with Crippen LogP contribution >= 0.6 is 0 Å². The second-order valence-corrected chi connectivity index (χ2v) is 11.1. The lowest BCUT2D eigenvalue weighted by Crippen LogP contribution is -2.70. The maximum atomic E-state index is 11.6. The van der Waals surface area contributed by atoms with E-state index in [1.54, 1.807) is 0 Å². The van der Waals surface area contributed by atoms with Gasteiger partial charge in [-0.1, -0.05) is 0 Å². The highest BCUT2D eigenvalue weighted by molar-refractivity contribution is 5.07. The zero-order chi connectivity index (χ0) is 30.4. The minimum absolute atomic E-state index is 0.00570. The van der Waals surface area contributed by atoms with Gasteiger partial charge in [-0.25, -0.2) is 0 Å². The Kier molecular flexibility index (Phi) is 13.5. The molecule has 0 aromatic carbocycles. The summed E-state index contributed by atoms with van der Waals surface area (Å²) in [5.74, 6) is -1.05. The van der Waals surface area contributed by atoms with E-state index in [2.05, 4.69) is 10.6 Å². The Morgan fingerprint density at radius 3 is 2.22 bits per heavy atom. The van der Waals surface area contributed by atoms with Crippen LogP contribution in [0.4, 0.5) is 0 Å². The number of nitrogens with two attached hydrogens (primary N) is 3. The molecule has 3 fully saturated rings. The van der Waals surface area contributed by atoms with Gasteiger partial charge in [-0.05, 0) is 19.4 Å². The van der Waals surface area contributed by atoms with Gasteiger partial charge in [0.1, 0.15) is 42.7 Å². The van der Waals surface area contributed by atoms with E-state index < -0.39 is 104 Å². The number of ether oxygens (including phenoxy) is 3. The van der Waals surface area contributed by atoms with Crippen LogP contribution in [0.2, 0.25) is 0 Å². The monoisotopic (exact) mass is 599 g/mol. The van der Waals surface area contributed by atoms with Gasteiger partial charge in [0.25, 0.3) is 0 Å². The Balaban J connectivity index is 1.85. The van der Waals surface area contributed by atoms with E-state index in [1.165, 1.54) is 0 Å². The van der Waals surface area contributed by atoms with E-state index >= 15 is 0 Å². The molecule has 2 heterocycles. The van der Waals surface area contributed by atoms with Crippen LogP contribution in [0.5, 0.6) is 0 Å². The van der Waals surface area contributed by atoms with E-state index in [1.807, 2.05) is 0 Å². The second-order valence-electron chi connectivity index (χ2n) is 11.1. The summed E-state index contributed by atoms with van der Waals surface area (Å²) >= 11 is 0. The Morgan fingerprint density at radius 1 is 0.878 bits per heavy atom. The molecule has 1 aliphatic carbocycles. The first-order valence-electron chi connectivity index (χ1n) is 14.1. The van der Waals surface area contributed by atoms with Crippen LogP contribution in [-0.2, 0) is 14.2 Å². The average molecular weight is 600 g/mol. The van der Waals surface area contributed by atoms with E-state index in [9.17, 15) is 40.9 Å². The maximum absolute atomic E-state index is 11.6. The molecule has 3 aliphatic rings. The van der Waals surface area contributed by atoms with Gasteiger partial charge >= 0.3 is 0 Å². The molecule has 1 saturated carbocycles. The van der Waals surface area contributed by atoms with Crippen LogP contribution in [-0.4, -0.2) is 177 Å². The van der Waals surface area contributed by atoms with E-state index in [4.69, 9.17) is 36.5 Å². The standard InChI is InChI=1S/C24H49N5O12/c25-5-9(32)6-29-11-4-10(26)14(23-21(38)20(37)17(34)12(39-23)7-28-2-1-3-30)18(35)22(11)41-24-19(36)15(27)16(33)13(8-31)40-24/h9-24,28-38H,1-8,25-27H2. The third-order valence-corrected chi connectivity index (χ3v) is 8.25. The Labute approximate surface area is 238 Å². The Morgan fingerprint density at radius 2 is 1.59 bits per heavy atom. The van der Waals surface area contributed by atoms with Gasteiger partial charge in [0.15, 0.2) is 6.29 Å². The van der Waals surface area contributed by atoms with Crippen LogP contribution in [0, 0.1) is 5.92 Å². The summed E-state index contributed by atoms with van der Waals surface area (Å²) in [5.41, 5.74) is 17.9. The molecule has 17 nitrogen and oxygen atoms in total. The van der Waals surface area contributed by atoms with Crippen molar-refractivity contribution in [3.8, 4) is 0 Å². The number of aliphatic hydroxyl groups is 9. The topological polar surface area (TPSA) is 312 Å². The molecule has 16 unspecified atom stereocenters. The molecule has 242 valence electrons. The smallest absolute Gasteiger partial charge is 0.186 e. The van der Waals surface area contributed by atoms with E-state index in [0.717, 1.165) is 0 Å². The summed E-state index contributed by atoms with van der Waals surface area (Å²) in [5, 5.41) is 99.1. The van der Waals surface area contributed by atoms with E-state index in [-0.39, 0.29) is 32.7 Å². The van der Waals surface area contributed by atoms with Crippen LogP contribution in [0.25, 0.3) is 0 Å². The average Bonchev–Trinajstić information content (AvgIpc) is 2.96. The predicted octanol–water partition coefficient (Wildman–Crippen LogP) is -8.05. The Hall–Kier alpha value is -0.680. The molecule has 3 rings (SSSR count). The van der Waals surface area contributed by atoms with Gasteiger partial charge in [-0.15, -0.1) is 0 Å². The molecule has 0 aromatic rings. The van der Waals surface area contributed by atoms with Crippen LogP contribution in [0.15, 0.2) is 0 Å². The molecule has 16 atom stereocenters. The third kappa shape index (κ3) is 8.08. The molecule has 0 amide bonds. The van der Waals surface area contributed by atoms with Gasteiger partial charge < -0.3 is 88.0 Å². The summed E-state index contributed by atoms with van der Waals surface area (Å²) in [6, 6.07) is -2.82. The predicted molar refractivity (Wildman–Crippen MR) is 141 cm³/mol. The highest BCUT2D eigenvalue weighted by Gasteiger charge is 2.55. The summed E-state index contributed by atoms with van der Waals surface area (Å²) in [6.45, 7) is -0.228. The first-order chi connectivity index (χ1) is 19.5. The van der Waals surface area contributed by atoms with Crippen LogP contribution in [0.3, 0.4) is 0 Å². The van der Waals surface area contributed by atoms with Crippen LogP contribution in [0.1, 0.15) is 12.8 Å². The number of hydrogen-bond donors (Lipinski definition) is 14. The van der Waals surface area contributed by atoms with Gasteiger partial charge in [0.2, 0.25) is 0 Å². The number of rotatable bonds is 13. The first-order valence-corrected chi connectivity index (χ1v) is 14.1. The highest BCUT2D eigenvalue weighted by Crippen LogP contribution is 2.37. The van der Waals surface area contributed by atoms with Gasteiger partial charge in [-0.3, -0.25) is 0 Å². The molecule has 17 heteroatoms. The normalized spacial score (nSPS) is 46.4. The molecule has 0 aromatic heterocycles. The van der Waals surface area contributed by atoms with Crippen molar-refractivity contribution >= 4 is 0 Å². The molecular formula is C24H49N5O12.